The summed E-state index contributed by atoms with van der Waals surface area (Å²) >= 11 is 0. The van der Waals surface area contributed by atoms with Crippen LogP contribution >= 0.6 is 0 Å². The normalized spacial score (nSPS) is 20.8. The van der Waals surface area contributed by atoms with Crippen molar-refractivity contribution in [3.05, 3.63) is 33.9 Å². The molecule has 19 heavy (non-hydrogen) atoms. The molecule has 2 atom stereocenters. The fraction of sp³-hybridized carbons (Fsp3) is 0.571. The molecule has 0 saturated carbocycles. The van der Waals surface area contributed by atoms with Crippen LogP contribution in [-0.2, 0) is 0 Å². The van der Waals surface area contributed by atoms with Crippen LogP contribution in [0, 0.1) is 23.0 Å². The van der Waals surface area contributed by atoms with Gasteiger partial charge in [0.15, 0.2) is 0 Å². The van der Waals surface area contributed by atoms with Gasteiger partial charge in [0.2, 0.25) is 0 Å². The number of nitrogens with one attached hydrogen (secondary N) is 2. The molecule has 1 aromatic rings. The lowest BCUT2D eigenvalue weighted by atomic mass is 9.92. The van der Waals surface area contributed by atoms with Gasteiger partial charge in [0, 0.05) is 23.9 Å². The second kappa shape index (κ2) is 6.02. The molecule has 1 aromatic carbocycles. The Morgan fingerprint density at radius 2 is 2.26 bits per heavy atom. The van der Waals surface area contributed by atoms with Gasteiger partial charge in [0.05, 0.1) is 4.92 Å². The SMILES string of the molecule is Cc1cc(NC(C)C2CCCNC2)cc([N+](=O)[O-])c1. The zero-order chi connectivity index (χ0) is 13.8. The number of nitro groups is 1. The number of nitrogens with zero attached hydrogens (tertiary/aromatic N) is 1. The molecule has 0 radical (unpaired) electrons. The number of non-ortho nitro benzene ring substituents is 1. The van der Waals surface area contributed by atoms with Gasteiger partial charge in [-0.25, -0.2) is 0 Å². The zero-order valence-electron chi connectivity index (χ0n) is 11.5. The van der Waals surface area contributed by atoms with Crippen LogP contribution in [-0.4, -0.2) is 24.1 Å². The predicted molar refractivity (Wildman–Crippen MR) is 76.5 cm³/mol. The quantitative estimate of drug-likeness (QED) is 0.647. The van der Waals surface area contributed by atoms with E-state index in [1.54, 1.807) is 12.1 Å². The van der Waals surface area contributed by atoms with Crippen LogP contribution in [0.15, 0.2) is 18.2 Å². The second-order valence-corrected chi connectivity index (χ2v) is 5.35. The van der Waals surface area contributed by atoms with Gasteiger partial charge in [-0.1, -0.05) is 0 Å². The highest BCUT2D eigenvalue weighted by Gasteiger charge is 2.20. The molecule has 2 rings (SSSR count). The molecule has 104 valence electrons. The predicted octanol–water partition coefficient (Wildman–Crippen LogP) is 2.70. The van der Waals surface area contributed by atoms with E-state index in [1.807, 2.05) is 13.0 Å². The minimum absolute atomic E-state index is 0.150. The smallest absolute Gasteiger partial charge is 0.271 e. The first kappa shape index (κ1) is 13.8. The molecule has 5 nitrogen and oxygen atoms in total. The van der Waals surface area contributed by atoms with E-state index in [9.17, 15) is 10.1 Å². The first-order valence-corrected chi connectivity index (χ1v) is 6.79. The van der Waals surface area contributed by atoms with Crippen LogP contribution in [0.3, 0.4) is 0 Å². The van der Waals surface area contributed by atoms with E-state index in [-0.39, 0.29) is 10.6 Å². The Morgan fingerprint density at radius 1 is 1.47 bits per heavy atom. The summed E-state index contributed by atoms with van der Waals surface area (Å²) in [6, 6.07) is 5.48. The van der Waals surface area contributed by atoms with Crippen molar-refractivity contribution in [2.45, 2.75) is 32.7 Å². The summed E-state index contributed by atoms with van der Waals surface area (Å²) in [4.78, 5) is 10.5. The number of aryl methyl sites for hydroxylation is 1. The van der Waals surface area contributed by atoms with Crippen LogP contribution in [0.1, 0.15) is 25.3 Å². The Labute approximate surface area is 113 Å². The van der Waals surface area contributed by atoms with E-state index >= 15 is 0 Å². The average Bonchev–Trinajstić information content (AvgIpc) is 2.39. The molecule has 1 aliphatic heterocycles. The maximum absolute atomic E-state index is 10.9. The van der Waals surface area contributed by atoms with Crippen molar-refractivity contribution in [3.63, 3.8) is 0 Å². The summed E-state index contributed by atoms with van der Waals surface area (Å²) in [6.45, 7) is 6.14. The molecule has 0 aromatic heterocycles. The van der Waals surface area contributed by atoms with Crippen LogP contribution in [0.25, 0.3) is 0 Å². The van der Waals surface area contributed by atoms with Crippen LogP contribution in [0.5, 0.6) is 0 Å². The van der Waals surface area contributed by atoms with Crippen LogP contribution in [0.4, 0.5) is 11.4 Å². The van der Waals surface area contributed by atoms with Crippen molar-refractivity contribution in [3.8, 4) is 0 Å². The molecule has 0 spiro atoms. The van der Waals surface area contributed by atoms with Crippen molar-refractivity contribution < 1.29 is 4.92 Å². The molecule has 1 fully saturated rings. The molecule has 0 amide bonds. The highest BCUT2D eigenvalue weighted by Crippen LogP contribution is 2.23. The third-order valence-electron chi connectivity index (χ3n) is 3.71. The average molecular weight is 263 g/mol. The van der Waals surface area contributed by atoms with Crippen molar-refractivity contribution >= 4 is 11.4 Å². The van der Waals surface area contributed by atoms with E-state index in [2.05, 4.69) is 17.6 Å². The minimum Gasteiger partial charge on any atom is -0.382 e. The number of hydrogen-bond donors (Lipinski definition) is 2. The molecule has 0 bridgehead atoms. The molecule has 2 N–H and O–H groups in total. The van der Waals surface area contributed by atoms with Gasteiger partial charge in [-0.2, -0.15) is 0 Å². The molecule has 0 aliphatic carbocycles. The molecule has 1 aliphatic rings. The zero-order valence-corrected chi connectivity index (χ0v) is 11.5. The van der Waals surface area contributed by atoms with Gasteiger partial charge in [-0.3, -0.25) is 10.1 Å². The maximum Gasteiger partial charge on any atom is 0.271 e. The highest BCUT2D eigenvalue weighted by atomic mass is 16.6. The van der Waals surface area contributed by atoms with Crippen LogP contribution in [0.2, 0.25) is 0 Å². The van der Waals surface area contributed by atoms with Crippen molar-refractivity contribution in [1.29, 1.82) is 0 Å². The van der Waals surface area contributed by atoms with Crippen molar-refractivity contribution in [2.75, 3.05) is 18.4 Å². The Bertz CT molecular complexity index is 456. The third kappa shape index (κ3) is 3.67. The second-order valence-electron chi connectivity index (χ2n) is 5.35. The molecular formula is C14H21N3O2. The van der Waals surface area contributed by atoms with E-state index in [1.165, 1.54) is 12.8 Å². The van der Waals surface area contributed by atoms with Gasteiger partial charge < -0.3 is 10.6 Å². The minimum atomic E-state index is -0.342. The molecular weight excluding hydrogens is 242 g/mol. The summed E-state index contributed by atoms with van der Waals surface area (Å²) in [6.07, 6.45) is 2.40. The Balaban J connectivity index is 2.07. The van der Waals surface area contributed by atoms with Gasteiger partial charge in [-0.05, 0) is 57.3 Å². The lowest BCUT2D eigenvalue weighted by Gasteiger charge is -2.29. The van der Waals surface area contributed by atoms with Gasteiger partial charge in [-0.15, -0.1) is 0 Å². The lowest BCUT2D eigenvalue weighted by Crippen LogP contribution is -2.38. The molecule has 1 saturated heterocycles. The van der Waals surface area contributed by atoms with E-state index in [4.69, 9.17) is 0 Å². The summed E-state index contributed by atoms with van der Waals surface area (Å²) in [5.41, 5.74) is 1.90. The fourth-order valence-electron chi connectivity index (χ4n) is 2.64. The Hall–Kier alpha value is -1.62. The maximum atomic E-state index is 10.9. The Morgan fingerprint density at radius 3 is 2.89 bits per heavy atom. The summed E-state index contributed by atoms with van der Waals surface area (Å²) < 4.78 is 0. The number of nitro benzene ring substituents is 1. The van der Waals surface area contributed by atoms with E-state index in [0.29, 0.717) is 12.0 Å². The number of rotatable bonds is 4. The standard InChI is InChI=1S/C14H21N3O2/c1-10-6-13(8-14(7-10)17(18)19)16-11(2)12-4-3-5-15-9-12/h6-8,11-12,15-16H,3-5,9H2,1-2H3. The summed E-state index contributed by atoms with van der Waals surface area (Å²) in [5, 5.41) is 17.7. The summed E-state index contributed by atoms with van der Waals surface area (Å²) in [5.74, 6) is 0.577. The number of hydrogen-bond acceptors (Lipinski definition) is 4. The van der Waals surface area contributed by atoms with E-state index < -0.39 is 0 Å². The fourth-order valence-corrected chi connectivity index (χ4v) is 2.64. The van der Waals surface area contributed by atoms with Gasteiger partial charge >= 0.3 is 0 Å². The number of benzene rings is 1. The summed E-state index contributed by atoms with van der Waals surface area (Å²) in [7, 11) is 0. The Kier molecular flexibility index (Phi) is 4.37. The topological polar surface area (TPSA) is 67.2 Å². The van der Waals surface area contributed by atoms with Gasteiger partial charge in [0.25, 0.3) is 5.69 Å². The van der Waals surface area contributed by atoms with Crippen LogP contribution < -0.4 is 10.6 Å². The number of piperidine rings is 1. The highest BCUT2D eigenvalue weighted by molar-refractivity contribution is 5.54. The lowest BCUT2D eigenvalue weighted by molar-refractivity contribution is -0.384. The third-order valence-corrected chi connectivity index (χ3v) is 3.71. The first-order chi connectivity index (χ1) is 9.06. The number of anilines is 1. The van der Waals surface area contributed by atoms with E-state index in [0.717, 1.165) is 24.3 Å². The largest absolute Gasteiger partial charge is 0.382 e. The molecule has 5 heteroatoms. The first-order valence-electron chi connectivity index (χ1n) is 6.79. The van der Waals surface area contributed by atoms with Crippen molar-refractivity contribution in [2.24, 2.45) is 5.92 Å². The molecule has 1 heterocycles. The van der Waals surface area contributed by atoms with Gasteiger partial charge in [0.1, 0.15) is 0 Å². The van der Waals surface area contributed by atoms with Crippen molar-refractivity contribution in [1.82, 2.24) is 5.32 Å². The monoisotopic (exact) mass is 263 g/mol. The molecule has 2 unspecified atom stereocenters.